The Balaban J connectivity index is 2.02. The number of sulfonamides is 1. The fourth-order valence-electron chi connectivity index (χ4n) is 1.58. The summed E-state index contributed by atoms with van der Waals surface area (Å²) in [5.41, 5.74) is 0.468. The summed E-state index contributed by atoms with van der Waals surface area (Å²) < 4.78 is 26.9. The molecule has 2 rings (SSSR count). The van der Waals surface area contributed by atoms with Gasteiger partial charge in [0.15, 0.2) is 0 Å². The average molecular weight is 328 g/mol. The first kappa shape index (κ1) is 15.7. The van der Waals surface area contributed by atoms with Crippen LogP contribution in [-0.4, -0.2) is 42.5 Å². The van der Waals surface area contributed by atoms with Crippen LogP contribution in [0.2, 0.25) is 0 Å². The predicted molar refractivity (Wildman–Crippen MR) is 79.6 cm³/mol. The SMILES string of the molecule is CN(C)S(=O)(=O)c1ccc(CNC(=O)c2cnn(C)c2)s1. The highest BCUT2D eigenvalue weighted by Crippen LogP contribution is 2.23. The molecule has 21 heavy (non-hydrogen) atoms. The molecule has 0 fully saturated rings. The zero-order chi connectivity index (χ0) is 15.6. The van der Waals surface area contributed by atoms with Gasteiger partial charge in [-0.3, -0.25) is 9.48 Å². The first-order valence-electron chi connectivity index (χ1n) is 6.09. The van der Waals surface area contributed by atoms with Crippen LogP contribution in [0.3, 0.4) is 0 Å². The second-order valence-corrected chi connectivity index (χ2v) is 8.14. The maximum atomic E-state index is 11.9. The van der Waals surface area contributed by atoms with Gasteiger partial charge in [-0.15, -0.1) is 11.3 Å². The van der Waals surface area contributed by atoms with Crippen LogP contribution in [0.1, 0.15) is 15.2 Å². The van der Waals surface area contributed by atoms with Crippen molar-refractivity contribution in [2.75, 3.05) is 14.1 Å². The summed E-state index contributed by atoms with van der Waals surface area (Å²) in [4.78, 5) is 12.6. The lowest BCUT2D eigenvalue weighted by molar-refractivity contribution is 0.0951. The Labute approximate surface area is 127 Å². The quantitative estimate of drug-likeness (QED) is 0.874. The van der Waals surface area contributed by atoms with E-state index in [0.717, 1.165) is 20.5 Å². The minimum Gasteiger partial charge on any atom is -0.347 e. The zero-order valence-corrected chi connectivity index (χ0v) is 13.5. The number of aryl methyl sites for hydroxylation is 1. The second kappa shape index (κ2) is 5.96. The molecule has 0 aromatic carbocycles. The summed E-state index contributed by atoms with van der Waals surface area (Å²) in [5, 5.41) is 6.65. The second-order valence-electron chi connectivity index (χ2n) is 4.59. The van der Waals surface area contributed by atoms with E-state index in [1.54, 1.807) is 30.1 Å². The third-order valence-electron chi connectivity index (χ3n) is 2.76. The van der Waals surface area contributed by atoms with Crippen LogP contribution in [0.5, 0.6) is 0 Å². The number of nitrogens with zero attached hydrogens (tertiary/aromatic N) is 3. The van der Waals surface area contributed by atoms with Crippen LogP contribution < -0.4 is 5.32 Å². The summed E-state index contributed by atoms with van der Waals surface area (Å²) in [6.45, 7) is 0.279. The van der Waals surface area contributed by atoms with Gasteiger partial charge in [-0.05, 0) is 12.1 Å². The van der Waals surface area contributed by atoms with Crippen LogP contribution in [0.25, 0.3) is 0 Å². The lowest BCUT2D eigenvalue weighted by Crippen LogP contribution is -2.22. The molecule has 0 radical (unpaired) electrons. The zero-order valence-electron chi connectivity index (χ0n) is 11.9. The lowest BCUT2D eigenvalue weighted by atomic mass is 10.3. The molecule has 114 valence electrons. The average Bonchev–Trinajstić information content (AvgIpc) is 3.04. The monoisotopic (exact) mass is 328 g/mol. The molecule has 0 saturated heterocycles. The van der Waals surface area contributed by atoms with Gasteiger partial charge in [0.25, 0.3) is 15.9 Å². The summed E-state index contributed by atoms with van der Waals surface area (Å²) >= 11 is 1.15. The first-order chi connectivity index (χ1) is 9.80. The van der Waals surface area contributed by atoms with Crippen molar-refractivity contribution in [1.82, 2.24) is 19.4 Å². The Kier molecular flexibility index (Phi) is 4.45. The normalized spacial score (nSPS) is 11.8. The number of hydrogen-bond acceptors (Lipinski definition) is 5. The molecular weight excluding hydrogens is 312 g/mol. The number of aromatic nitrogens is 2. The van der Waals surface area contributed by atoms with Gasteiger partial charge in [-0.25, -0.2) is 12.7 Å². The number of amides is 1. The summed E-state index contributed by atoms with van der Waals surface area (Å²) in [6, 6.07) is 3.25. The summed E-state index contributed by atoms with van der Waals surface area (Å²) in [6.07, 6.45) is 3.09. The maximum absolute atomic E-state index is 11.9. The van der Waals surface area contributed by atoms with Gasteiger partial charge < -0.3 is 5.32 Å². The van der Waals surface area contributed by atoms with Crippen LogP contribution in [0.15, 0.2) is 28.7 Å². The van der Waals surface area contributed by atoms with Crippen LogP contribution >= 0.6 is 11.3 Å². The van der Waals surface area contributed by atoms with Crippen molar-refractivity contribution in [3.63, 3.8) is 0 Å². The molecule has 0 aliphatic rings. The third kappa shape index (κ3) is 3.49. The highest BCUT2D eigenvalue weighted by atomic mass is 32.2. The van der Waals surface area contributed by atoms with Crippen molar-refractivity contribution < 1.29 is 13.2 Å². The topological polar surface area (TPSA) is 84.3 Å². The molecule has 1 amide bonds. The van der Waals surface area contributed by atoms with E-state index in [0.29, 0.717) is 5.56 Å². The van der Waals surface area contributed by atoms with Crippen molar-refractivity contribution in [3.05, 3.63) is 35.0 Å². The largest absolute Gasteiger partial charge is 0.347 e. The molecule has 2 heterocycles. The minimum absolute atomic E-state index is 0.242. The van der Waals surface area contributed by atoms with Crippen molar-refractivity contribution >= 4 is 27.3 Å². The van der Waals surface area contributed by atoms with Crippen molar-refractivity contribution in [2.24, 2.45) is 7.05 Å². The number of carbonyl (C=O) groups excluding carboxylic acids is 1. The Morgan fingerprint density at radius 1 is 1.43 bits per heavy atom. The van der Waals surface area contributed by atoms with E-state index >= 15 is 0 Å². The van der Waals surface area contributed by atoms with E-state index in [1.807, 2.05) is 0 Å². The third-order valence-corrected chi connectivity index (χ3v) is 6.13. The number of hydrogen-bond donors (Lipinski definition) is 1. The molecule has 0 bridgehead atoms. The lowest BCUT2D eigenvalue weighted by Gasteiger charge is -2.08. The van der Waals surface area contributed by atoms with Gasteiger partial charge in [0.1, 0.15) is 4.21 Å². The molecule has 0 saturated carbocycles. The van der Waals surface area contributed by atoms with Gasteiger partial charge in [-0.2, -0.15) is 5.10 Å². The number of nitrogens with one attached hydrogen (secondary N) is 1. The molecule has 9 heteroatoms. The fourth-order valence-corrected chi connectivity index (χ4v) is 4.04. The number of thiophene rings is 1. The predicted octanol–water partition coefficient (Wildman–Crippen LogP) is 0.662. The molecule has 0 spiro atoms. The molecule has 2 aromatic rings. The molecule has 0 aliphatic carbocycles. The molecule has 0 aliphatic heterocycles. The van der Waals surface area contributed by atoms with E-state index < -0.39 is 10.0 Å². The van der Waals surface area contributed by atoms with E-state index in [4.69, 9.17) is 0 Å². The van der Waals surface area contributed by atoms with E-state index in [2.05, 4.69) is 10.4 Å². The molecule has 7 nitrogen and oxygen atoms in total. The Morgan fingerprint density at radius 2 is 2.14 bits per heavy atom. The van der Waals surface area contributed by atoms with Crippen molar-refractivity contribution in [1.29, 1.82) is 0 Å². The molecule has 2 aromatic heterocycles. The van der Waals surface area contributed by atoms with Crippen molar-refractivity contribution in [2.45, 2.75) is 10.8 Å². The highest BCUT2D eigenvalue weighted by Gasteiger charge is 2.19. The number of carbonyl (C=O) groups is 1. The Hall–Kier alpha value is -1.71. The van der Waals surface area contributed by atoms with Gasteiger partial charge >= 0.3 is 0 Å². The summed E-state index contributed by atoms with van der Waals surface area (Å²) in [7, 11) is 1.28. The highest BCUT2D eigenvalue weighted by molar-refractivity contribution is 7.91. The van der Waals surface area contributed by atoms with Gasteiger partial charge in [0.05, 0.1) is 18.3 Å². The van der Waals surface area contributed by atoms with Gasteiger partial charge in [0, 0.05) is 32.2 Å². The van der Waals surface area contributed by atoms with Gasteiger partial charge in [-0.1, -0.05) is 0 Å². The standard InChI is InChI=1S/C12H16N4O3S2/c1-15(2)21(18,19)11-5-4-10(20-11)7-13-12(17)9-6-14-16(3)8-9/h4-6,8H,7H2,1-3H3,(H,13,17). The fraction of sp³-hybridized carbons (Fsp3) is 0.333. The van der Waals surface area contributed by atoms with E-state index in [1.165, 1.54) is 20.3 Å². The van der Waals surface area contributed by atoms with E-state index in [9.17, 15) is 13.2 Å². The Bertz CT molecular complexity index is 746. The van der Waals surface area contributed by atoms with Gasteiger partial charge in [0.2, 0.25) is 0 Å². The molecular formula is C12H16N4O3S2. The minimum atomic E-state index is -3.42. The summed E-state index contributed by atoms with van der Waals surface area (Å²) in [5.74, 6) is -0.242. The first-order valence-corrected chi connectivity index (χ1v) is 8.34. The molecule has 0 unspecified atom stereocenters. The molecule has 1 N–H and O–H groups in total. The molecule has 0 atom stereocenters. The van der Waals surface area contributed by atoms with E-state index in [-0.39, 0.29) is 16.7 Å². The Morgan fingerprint density at radius 3 is 2.71 bits per heavy atom. The van der Waals surface area contributed by atoms with Crippen LogP contribution in [0, 0.1) is 0 Å². The smallest absolute Gasteiger partial charge is 0.254 e. The van der Waals surface area contributed by atoms with Crippen molar-refractivity contribution in [3.8, 4) is 0 Å². The number of rotatable bonds is 5. The van der Waals surface area contributed by atoms with Crippen LogP contribution in [-0.2, 0) is 23.6 Å². The van der Waals surface area contributed by atoms with Crippen LogP contribution in [0.4, 0.5) is 0 Å². The maximum Gasteiger partial charge on any atom is 0.254 e.